The summed E-state index contributed by atoms with van der Waals surface area (Å²) < 4.78 is 6.00. The Morgan fingerprint density at radius 3 is 2.33 bits per heavy atom. The molecule has 106 valence electrons. The summed E-state index contributed by atoms with van der Waals surface area (Å²) in [6.45, 7) is 4.12. The fraction of sp³-hybridized carbons (Fsp3) is 0.167. The first-order valence-corrected chi connectivity index (χ1v) is 7.39. The fourth-order valence-electron chi connectivity index (χ4n) is 2.52. The lowest BCUT2D eigenvalue weighted by atomic mass is 10.1. The molecule has 3 heteroatoms. The SMILES string of the molecule is Cc1cc(C)cc(Oc2ncc(CCl)c3ccccc23)c1. The van der Waals surface area contributed by atoms with Crippen molar-refractivity contribution in [1.82, 2.24) is 4.98 Å². The van der Waals surface area contributed by atoms with E-state index in [0.29, 0.717) is 11.8 Å². The number of aromatic nitrogens is 1. The average molecular weight is 298 g/mol. The van der Waals surface area contributed by atoms with Crippen molar-refractivity contribution in [3.05, 3.63) is 65.4 Å². The van der Waals surface area contributed by atoms with Crippen LogP contribution in [-0.4, -0.2) is 4.98 Å². The van der Waals surface area contributed by atoms with E-state index < -0.39 is 0 Å². The van der Waals surface area contributed by atoms with Gasteiger partial charge in [0.2, 0.25) is 5.88 Å². The number of nitrogens with zero attached hydrogens (tertiary/aromatic N) is 1. The van der Waals surface area contributed by atoms with Crippen LogP contribution in [0.4, 0.5) is 0 Å². The number of rotatable bonds is 3. The lowest BCUT2D eigenvalue weighted by Crippen LogP contribution is -1.93. The Kier molecular flexibility index (Phi) is 3.80. The third-order valence-electron chi connectivity index (χ3n) is 3.39. The summed E-state index contributed by atoms with van der Waals surface area (Å²) >= 11 is 5.98. The summed E-state index contributed by atoms with van der Waals surface area (Å²) in [5, 5.41) is 2.07. The monoisotopic (exact) mass is 297 g/mol. The van der Waals surface area contributed by atoms with Crippen LogP contribution < -0.4 is 4.74 Å². The molecule has 0 spiro atoms. The fourth-order valence-corrected chi connectivity index (χ4v) is 2.73. The molecule has 3 rings (SSSR count). The quantitative estimate of drug-likeness (QED) is 0.605. The second-order valence-electron chi connectivity index (χ2n) is 5.19. The van der Waals surface area contributed by atoms with E-state index in [0.717, 1.165) is 22.1 Å². The number of halogens is 1. The van der Waals surface area contributed by atoms with E-state index in [1.165, 1.54) is 11.1 Å². The largest absolute Gasteiger partial charge is 0.438 e. The van der Waals surface area contributed by atoms with Crippen molar-refractivity contribution < 1.29 is 4.74 Å². The maximum absolute atomic E-state index is 6.00. The Labute approximate surface area is 129 Å². The molecule has 0 amide bonds. The van der Waals surface area contributed by atoms with E-state index in [9.17, 15) is 0 Å². The zero-order chi connectivity index (χ0) is 14.8. The van der Waals surface area contributed by atoms with E-state index >= 15 is 0 Å². The van der Waals surface area contributed by atoms with E-state index in [1.54, 1.807) is 6.20 Å². The van der Waals surface area contributed by atoms with Gasteiger partial charge in [-0.3, -0.25) is 0 Å². The highest BCUT2D eigenvalue weighted by atomic mass is 35.5. The molecule has 0 unspecified atom stereocenters. The molecule has 0 fully saturated rings. The third-order valence-corrected chi connectivity index (χ3v) is 3.68. The topological polar surface area (TPSA) is 22.1 Å². The molecule has 0 aliphatic carbocycles. The standard InChI is InChI=1S/C18H16ClNO/c1-12-7-13(2)9-15(8-12)21-18-17-6-4-3-5-16(17)14(10-19)11-20-18/h3-9,11H,10H2,1-2H3. The molecule has 0 aliphatic rings. The van der Waals surface area contributed by atoms with Gasteiger partial charge in [0.1, 0.15) is 5.75 Å². The zero-order valence-electron chi connectivity index (χ0n) is 12.1. The molecule has 3 aromatic rings. The lowest BCUT2D eigenvalue weighted by Gasteiger charge is -2.11. The molecule has 21 heavy (non-hydrogen) atoms. The Hall–Kier alpha value is -2.06. The Morgan fingerprint density at radius 1 is 1.00 bits per heavy atom. The number of fused-ring (bicyclic) bond motifs is 1. The smallest absolute Gasteiger partial charge is 0.227 e. The molecule has 0 saturated carbocycles. The minimum Gasteiger partial charge on any atom is -0.438 e. The van der Waals surface area contributed by atoms with Crippen LogP contribution in [0.2, 0.25) is 0 Å². The van der Waals surface area contributed by atoms with Crippen LogP contribution in [0, 0.1) is 13.8 Å². The van der Waals surface area contributed by atoms with E-state index in [1.807, 2.05) is 36.4 Å². The van der Waals surface area contributed by atoms with Crippen LogP contribution in [-0.2, 0) is 5.88 Å². The predicted molar refractivity (Wildman–Crippen MR) is 87.3 cm³/mol. The first kappa shape index (κ1) is 13.9. The van der Waals surface area contributed by atoms with Crippen molar-refractivity contribution in [1.29, 1.82) is 0 Å². The second kappa shape index (κ2) is 5.74. The van der Waals surface area contributed by atoms with E-state index in [-0.39, 0.29) is 0 Å². The molecule has 1 aromatic heterocycles. The number of alkyl halides is 1. The highest BCUT2D eigenvalue weighted by Gasteiger charge is 2.09. The summed E-state index contributed by atoms with van der Waals surface area (Å²) in [4.78, 5) is 4.43. The molecule has 0 aliphatic heterocycles. The van der Waals surface area contributed by atoms with Crippen molar-refractivity contribution >= 4 is 22.4 Å². The van der Waals surface area contributed by atoms with Crippen molar-refractivity contribution in [3.63, 3.8) is 0 Å². The number of ether oxygens (including phenoxy) is 1. The highest BCUT2D eigenvalue weighted by Crippen LogP contribution is 2.31. The second-order valence-corrected chi connectivity index (χ2v) is 5.46. The maximum Gasteiger partial charge on any atom is 0.227 e. The van der Waals surface area contributed by atoms with Crippen LogP contribution >= 0.6 is 11.6 Å². The number of benzene rings is 2. The number of hydrogen-bond donors (Lipinski definition) is 0. The van der Waals surface area contributed by atoms with Crippen LogP contribution in [0.5, 0.6) is 11.6 Å². The van der Waals surface area contributed by atoms with Crippen LogP contribution in [0.15, 0.2) is 48.7 Å². The van der Waals surface area contributed by atoms with Gasteiger partial charge in [-0.25, -0.2) is 4.98 Å². The molecule has 2 nitrogen and oxygen atoms in total. The van der Waals surface area contributed by atoms with E-state index in [4.69, 9.17) is 16.3 Å². The number of hydrogen-bond acceptors (Lipinski definition) is 2. The first-order chi connectivity index (χ1) is 10.2. The molecule has 0 saturated heterocycles. The van der Waals surface area contributed by atoms with Crippen molar-refractivity contribution in [3.8, 4) is 11.6 Å². The lowest BCUT2D eigenvalue weighted by molar-refractivity contribution is 0.468. The molecule has 0 bridgehead atoms. The summed E-state index contributed by atoms with van der Waals surface area (Å²) in [5.41, 5.74) is 3.36. The summed E-state index contributed by atoms with van der Waals surface area (Å²) in [6, 6.07) is 14.2. The van der Waals surface area contributed by atoms with Gasteiger partial charge in [-0.15, -0.1) is 11.6 Å². The van der Waals surface area contributed by atoms with Gasteiger partial charge in [0.05, 0.1) is 0 Å². The van der Waals surface area contributed by atoms with Gasteiger partial charge in [-0.05, 0) is 54.1 Å². The Bertz CT molecular complexity index is 778. The van der Waals surface area contributed by atoms with Gasteiger partial charge in [0, 0.05) is 17.5 Å². The van der Waals surface area contributed by atoms with Gasteiger partial charge in [0.25, 0.3) is 0 Å². The number of aryl methyl sites for hydroxylation is 2. The number of pyridine rings is 1. The van der Waals surface area contributed by atoms with Gasteiger partial charge < -0.3 is 4.74 Å². The summed E-state index contributed by atoms with van der Waals surface area (Å²) in [6.07, 6.45) is 1.79. The van der Waals surface area contributed by atoms with Gasteiger partial charge in [-0.1, -0.05) is 24.3 Å². The predicted octanol–water partition coefficient (Wildman–Crippen LogP) is 5.38. The molecule has 0 atom stereocenters. The zero-order valence-corrected chi connectivity index (χ0v) is 12.8. The van der Waals surface area contributed by atoms with Gasteiger partial charge in [-0.2, -0.15) is 0 Å². The molecular weight excluding hydrogens is 282 g/mol. The Morgan fingerprint density at radius 2 is 1.67 bits per heavy atom. The molecular formula is C18H16ClNO. The van der Waals surface area contributed by atoms with Crippen molar-refractivity contribution in [2.45, 2.75) is 19.7 Å². The average Bonchev–Trinajstić information content (AvgIpc) is 2.46. The van der Waals surface area contributed by atoms with Crippen LogP contribution in [0.25, 0.3) is 10.8 Å². The van der Waals surface area contributed by atoms with Gasteiger partial charge in [0.15, 0.2) is 0 Å². The normalized spacial score (nSPS) is 10.8. The molecule has 2 aromatic carbocycles. The third kappa shape index (κ3) is 2.86. The van der Waals surface area contributed by atoms with E-state index in [2.05, 4.69) is 24.9 Å². The minimum atomic E-state index is 0.442. The van der Waals surface area contributed by atoms with Crippen LogP contribution in [0.1, 0.15) is 16.7 Å². The van der Waals surface area contributed by atoms with Gasteiger partial charge >= 0.3 is 0 Å². The highest BCUT2D eigenvalue weighted by molar-refractivity contribution is 6.18. The first-order valence-electron chi connectivity index (χ1n) is 6.86. The summed E-state index contributed by atoms with van der Waals surface area (Å²) in [5.74, 6) is 1.87. The summed E-state index contributed by atoms with van der Waals surface area (Å²) in [7, 11) is 0. The minimum absolute atomic E-state index is 0.442. The molecule has 0 N–H and O–H groups in total. The molecule has 1 heterocycles. The van der Waals surface area contributed by atoms with Crippen LogP contribution in [0.3, 0.4) is 0 Å². The van der Waals surface area contributed by atoms with Crippen molar-refractivity contribution in [2.24, 2.45) is 0 Å². The maximum atomic E-state index is 6.00. The van der Waals surface area contributed by atoms with Crippen molar-refractivity contribution in [2.75, 3.05) is 0 Å². The Balaban J connectivity index is 2.09. The molecule has 0 radical (unpaired) electrons.